The summed E-state index contributed by atoms with van der Waals surface area (Å²) in [6.45, 7) is 0.596. The van der Waals surface area contributed by atoms with Gasteiger partial charge in [-0.05, 0) is 37.0 Å². The van der Waals surface area contributed by atoms with Gasteiger partial charge in [0.15, 0.2) is 0 Å². The fourth-order valence-electron chi connectivity index (χ4n) is 2.37. The summed E-state index contributed by atoms with van der Waals surface area (Å²) in [5.74, 6) is -1.27. The maximum Gasteiger partial charge on any atom is 0.337 e. The highest BCUT2D eigenvalue weighted by molar-refractivity contribution is 7.89. The summed E-state index contributed by atoms with van der Waals surface area (Å²) in [5, 5.41) is 18.0. The van der Waals surface area contributed by atoms with Crippen LogP contribution >= 0.6 is 11.6 Å². The van der Waals surface area contributed by atoms with Gasteiger partial charge in [0.25, 0.3) is 0 Å². The molecule has 1 saturated heterocycles. The largest absolute Gasteiger partial charge is 0.478 e. The SMILES string of the molecule is O=C(O)c1ccc(S(=O)(=O)N2CCCC(CO)C2)cc1Cl. The number of hydrogen-bond acceptors (Lipinski definition) is 4. The molecular weight excluding hydrogens is 318 g/mol. The predicted octanol–water partition coefficient (Wildman–Crippen LogP) is 1.43. The number of aromatic carboxylic acids is 1. The van der Waals surface area contributed by atoms with Crippen LogP contribution in [0.3, 0.4) is 0 Å². The van der Waals surface area contributed by atoms with Crippen LogP contribution in [0, 0.1) is 5.92 Å². The van der Waals surface area contributed by atoms with Gasteiger partial charge in [-0.2, -0.15) is 4.31 Å². The first kappa shape index (κ1) is 16.2. The van der Waals surface area contributed by atoms with Gasteiger partial charge in [0, 0.05) is 19.7 Å². The van der Waals surface area contributed by atoms with Crippen molar-refractivity contribution in [3.63, 3.8) is 0 Å². The molecule has 0 spiro atoms. The Bertz CT molecular complexity index is 646. The van der Waals surface area contributed by atoms with Crippen LogP contribution in [0.4, 0.5) is 0 Å². The Kier molecular flexibility index (Phi) is 4.88. The summed E-state index contributed by atoms with van der Waals surface area (Å²) < 4.78 is 26.3. The lowest BCUT2D eigenvalue weighted by molar-refractivity contribution is 0.0697. The molecule has 0 amide bonds. The molecule has 1 aliphatic rings. The Morgan fingerprint density at radius 1 is 1.43 bits per heavy atom. The van der Waals surface area contributed by atoms with E-state index in [-0.39, 0.29) is 34.6 Å². The van der Waals surface area contributed by atoms with Crippen LogP contribution in [0.5, 0.6) is 0 Å². The van der Waals surface area contributed by atoms with Crippen LogP contribution in [-0.4, -0.2) is 48.6 Å². The number of piperidine rings is 1. The second kappa shape index (κ2) is 6.31. The average Bonchev–Trinajstić information content (AvgIpc) is 2.46. The average molecular weight is 334 g/mol. The molecule has 1 aromatic carbocycles. The third-order valence-corrected chi connectivity index (χ3v) is 5.72. The molecule has 21 heavy (non-hydrogen) atoms. The molecule has 6 nitrogen and oxygen atoms in total. The van der Waals surface area contributed by atoms with E-state index in [9.17, 15) is 18.3 Å². The summed E-state index contributed by atoms with van der Waals surface area (Å²) in [6, 6.07) is 3.58. The number of aliphatic hydroxyl groups is 1. The summed E-state index contributed by atoms with van der Waals surface area (Å²) in [7, 11) is -3.73. The van der Waals surface area contributed by atoms with Crippen molar-refractivity contribution < 1.29 is 23.4 Å². The number of nitrogens with zero attached hydrogens (tertiary/aromatic N) is 1. The molecule has 0 saturated carbocycles. The van der Waals surface area contributed by atoms with Crippen molar-refractivity contribution in [1.82, 2.24) is 4.31 Å². The van der Waals surface area contributed by atoms with Crippen LogP contribution in [-0.2, 0) is 10.0 Å². The fourth-order valence-corrected chi connectivity index (χ4v) is 4.28. The van der Waals surface area contributed by atoms with Crippen LogP contribution < -0.4 is 0 Å². The number of carbonyl (C=O) groups is 1. The molecule has 1 aromatic rings. The molecule has 8 heteroatoms. The number of benzene rings is 1. The van der Waals surface area contributed by atoms with Crippen LogP contribution in [0.25, 0.3) is 0 Å². The Balaban J connectivity index is 2.31. The number of carboxylic acids is 1. The Labute approximate surface area is 128 Å². The molecular formula is C13H16ClNO5S. The van der Waals surface area contributed by atoms with Crippen LogP contribution in [0.1, 0.15) is 23.2 Å². The molecule has 1 fully saturated rings. The van der Waals surface area contributed by atoms with E-state index in [0.717, 1.165) is 12.5 Å². The third kappa shape index (κ3) is 3.37. The second-order valence-electron chi connectivity index (χ2n) is 5.00. The molecule has 1 unspecified atom stereocenters. The van der Waals surface area contributed by atoms with Gasteiger partial charge in [0.05, 0.1) is 15.5 Å². The van der Waals surface area contributed by atoms with E-state index in [1.165, 1.54) is 16.4 Å². The van der Waals surface area contributed by atoms with Crippen molar-refractivity contribution >= 4 is 27.6 Å². The molecule has 2 rings (SSSR count). The lowest BCUT2D eigenvalue weighted by Crippen LogP contribution is -2.40. The van der Waals surface area contributed by atoms with E-state index in [2.05, 4.69) is 0 Å². The van der Waals surface area contributed by atoms with Gasteiger partial charge in [0.2, 0.25) is 10.0 Å². The van der Waals surface area contributed by atoms with Gasteiger partial charge in [-0.3, -0.25) is 0 Å². The first-order valence-corrected chi connectivity index (χ1v) is 8.32. The lowest BCUT2D eigenvalue weighted by Gasteiger charge is -2.31. The maximum atomic E-state index is 12.5. The minimum atomic E-state index is -3.73. The predicted molar refractivity (Wildman–Crippen MR) is 77.0 cm³/mol. The zero-order valence-electron chi connectivity index (χ0n) is 11.2. The molecule has 0 bridgehead atoms. The van der Waals surface area contributed by atoms with E-state index in [1.807, 2.05) is 0 Å². The molecule has 1 heterocycles. The number of hydrogen-bond donors (Lipinski definition) is 2. The van der Waals surface area contributed by atoms with Gasteiger partial charge in [-0.15, -0.1) is 0 Å². The highest BCUT2D eigenvalue weighted by Gasteiger charge is 2.30. The second-order valence-corrected chi connectivity index (χ2v) is 7.35. The minimum absolute atomic E-state index is 0.0314. The van der Waals surface area contributed by atoms with Gasteiger partial charge in [0.1, 0.15) is 0 Å². The normalized spacial score (nSPS) is 20.4. The standard InChI is InChI=1S/C13H16ClNO5S/c14-12-6-10(3-4-11(12)13(17)18)21(19,20)15-5-1-2-9(7-15)8-16/h3-4,6,9,16H,1-2,5,7-8H2,(H,17,18). The number of aliphatic hydroxyl groups excluding tert-OH is 1. The van der Waals surface area contributed by atoms with Crippen molar-refractivity contribution in [2.24, 2.45) is 5.92 Å². The highest BCUT2D eigenvalue weighted by Crippen LogP contribution is 2.26. The van der Waals surface area contributed by atoms with Gasteiger partial charge in [-0.25, -0.2) is 13.2 Å². The van der Waals surface area contributed by atoms with E-state index in [4.69, 9.17) is 16.7 Å². The summed E-state index contributed by atoms with van der Waals surface area (Å²) in [6.07, 6.45) is 1.48. The Morgan fingerprint density at radius 2 is 2.14 bits per heavy atom. The summed E-state index contributed by atoms with van der Waals surface area (Å²) in [5.41, 5.74) is -0.137. The van der Waals surface area contributed by atoms with Crippen LogP contribution in [0.2, 0.25) is 5.02 Å². The monoisotopic (exact) mass is 333 g/mol. The molecule has 1 aliphatic heterocycles. The smallest absolute Gasteiger partial charge is 0.337 e. The van der Waals surface area contributed by atoms with Crippen molar-refractivity contribution in [3.05, 3.63) is 28.8 Å². The first-order valence-electron chi connectivity index (χ1n) is 6.50. The van der Waals surface area contributed by atoms with E-state index < -0.39 is 16.0 Å². The minimum Gasteiger partial charge on any atom is -0.478 e. The summed E-state index contributed by atoms with van der Waals surface area (Å²) in [4.78, 5) is 10.9. The Hall–Kier alpha value is -1.15. The van der Waals surface area contributed by atoms with Gasteiger partial charge in [-0.1, -0.05) is 11.6 Å². The van der Waals surface area contributed by atoms with Crippen molar-refractivity contribution in [3.8, 4) is 0 Å². The van der Waals surface area contributed by atoms with Crippen LogP contribution in [0.15, 0.2) is 23.1 Å². The van der Waals surface area contributed by atoms with Gasteiger partial charge >= 0.3 is 5.97 Å². The molecule has 2 N–H and O–H groups in total. The van der Waals surface area contributed by atoms with E-state index >= 15 is 0 Å². The number of rotatable bonds is 4. The maximum absolute atomic E-state index is 12.5. The van der Waals surface area contributed by atoms with Crippen molar-refractivity contribution in [1.29, 1.82) is 0 Å². The molecule has 116 valence electrons. The van der Waals surface area contributed by atoms with Crippen molar-refractivity contribution in [2.45, 2.75) is 17.7 Å². The fraction of sp³-hybridized carbons (Fsp3) is 0.462. The summed E-state index contributed by atoms with van der Waals surface area (Å²) >= 11 is 5.82. The number of sulfonamides is 1. The van der Waals surface area contributed by atoms with Crippen molar-refractivity contribution in [2.75, 3.05) is 19.7 Å². The quantitative estimate of drug-likeness (QED) is 0.869. The molecule has 1 atom stereocenters. The molecule has 0 aromatic heterocycles. The third-order valence-electron chi connectivity index (χ3n) is 3.55. The number of carboxylic acid groups (broad SMARTS) is 1. The number of halogens is 1. The lowest BCUT2D eigenvalue weighted by atomic mass is 10.0. The molecule has 0 aliphatic carbocycles. The molecule has 0 radical (unpaired) electrons. The Morgan fingerprint density at radius 3 is 2.71 bits per heavy atom. The van der Waals surface area contributed by atoms with E-state index in [1.54, 1.807) is 0 Å². The van der Waals surface area contributed by atoms with E-state index in [0.29, 0.717) is 13.0 Å². The highest BCUT2D eigenvalue weighted by atomic mass is 35.5. The van der Waals surface area contributed by atoms with Gasteiger partial charge < -0.3 is 10.2 Å². The zero-order valence-corrected chi connectivity index (χ0v) is 12.8. The zero-order chi connectivity index (χ0) is 15.6. The first-order chi connectivity index (χ1) is 9.86. The topological polar surface area (TPSA) is 94.9 Å².